The fourth-order valence-corrected chi connectivity index (χ4v) is 6.82. The van der Waals surface area contributed by atoms with Crippen LogP contribution in [-0.2, 0) is 14.8 Å². The number of nitrogens with one attached hydrogen (secondary N) is 1. The Hall–Kier alpha value is -1.61. The Morgan fingerprint density at radius 1 is 1.28 bits per heavy atom. The minimum Gasteiger partial charge on any atom is -0.372 e. The van der Waals surface area contributed by atoms with Crippen molar-refractivity contribution in [3.05, 3.63) is 46.8 Å². The molecule has 0 bridgehead atoms. The van der Waals surface area contributed by atoms with E-state index in [4.69, 9.17) is 11.6 Å². The third kappa shape index (κ3) is 5.31. The van der Waals surface area contributed by atoms with Crippen molar-refractivity contribution in [3.8, 4) is 0 Å². The van der Waals surface area contributed by atoms with Gasteiger partial charge in [0.1, 0.15) is 10.3 Å². The summed E-state index contributed by atoms with van der Waals surface area (Å²) in [5.41, 5.74) is 1.16. The van der Waals surface area contributed by atoms with E-state index in [0.717, 1.165) is 36.5 Å². The molecule has 1 amide bonds. The van der Waals surface area contributed by atoms with E-state index in [0.29, 0.717) is 30.3 Å². The number of carbonyl (C=O) groups is 1. The predicted octanol–water partition coefficient (Wildman–Crippen LogP) is 3.59. The Balaban J connectivity index is 1.53. The fraction of sp³-hybridized carbons (Fsp3) is 0.450. The molecule has 2 heterocycles. The predicted molar refractivity (Wildman–Crippen MR) is 118 cm³/mol. The number of para-hydroxylation sites is 1. The van der Waals surface area contributed by atoms with Gasteiger partial charge in [0, 0.05) is 31.9 Å². The van der Waals surface area contributed by atoms with Gasteiger partial charge in [-0.05, 0) is 50.5 Å². The third-order valence-electron chi connectivity index (χ3n) is 5.02. The van der Waals surface area contributed by atoms with Gasteiger partial charge in [-0.25, -0.2) is 8.42 Å². The standard InChI is InChI=1S/C20H26ClN3O3S2/c1-2-23(16-8-4-3-5-9-16)14-7-13-22-20(25)17-10-6-15-24(17)29(26,27)19-12-11-18(21)28-19/h3-5,8-9,11-12,17H,2,6-7,10,13-15H2,1H3,(H,22,25)/t17-/m1/s1. The van der Waals surface area contributed by atoms with Crippen LogP contribution in [0, 0.1) is 0 Å². The second kappa shape index (κ2) is 9.93. The van der Waals surface area contributed by atoms with Crippen molar-refractivity contribution in [2.45, 2.75) is 36.4 Å². The number of thiophene rings is 1. The zero-order chi connectivity index (χ0) is 20.9. The minimum absolute atomic E-state index is 0.184. The van der Waals surface area contributed by atoms with E-state index < -0.39 is 16.1 Å². The molecule has 1 aromatic heterocycles. The Kier molecular flexibility index (Phi) is 7.56. The van der Waals surface area contributed by atoms with Crippen molar-refractivity contribution in [2.75, 3.05) is 31.1 Å². The molecule has 1 aromatic carbocycles. The van der Waals surface area contributed by atoms with Crippen molar-refractivity contribution in [3.63, 3.8) is 0 Å². The highest BCUT2D eigenvalue weighted by atomic mass is 35.5. The maximum absolute atomic E-state index is 12.9. The van der Waals surface area contributed by atoms with Gasteiger partial charge in [0.15, 0.2) is 0 Å². The van der Waals surface area contributed by atoms with Crippen molar-refractivity contribution < 1.29 is 13.2 Å². The highest BCUT2D eigenvalue weighted by Crippen LogP contribution is 2.32. The van der Waals surface area contributed by atoms with Crippen LogP contribution in [0.15, 0.2) is 46.7 Å². The number of carbonyl (C=O) groups excluding carboxylic acids is 1. The molecule has 1 aliphatic heterocycles. The molecule has 2 aromatic rings. The van der Waals surface area contributed by atoms with Crippen molar-refractivity contribution in [1.29, 1.82) is 0 Å². The lowest BCUT2D eigenvalue weighted by Crippen LogP contribution is -2.46. The topological polar surface area (TPSA) is 69.7 Å². The highest BCUT2D eigenvalue weighted by Gasteiger charge is 2.39. The molecule has 0 spiro atoms. The van der Waals surface area contributed by atoms with E-state index >= 15 is 0 Å². The number of anilines is 1. The van der Waals surface area contributed by atoms with Gasteiger partial charge in [0.2, 0.25) is 5.91 Å². The lowest BCUT2D eigenvalue weighted by atomic mass is 10.2. The lowest BCUT2D eigenvalue weighted by molar-refractivity contribution is -0.124. The zero-order valence-corrected chi connectivity index (χ0v) is 18.8. The Labute approximate surface area is 181 Å². The van der Waals surface area contributed by atoms with E-state index in [-0.39, 0.29) is 10.1 Å². The quantitative estimate of drug-likeness (QED) is 0.586. The maximum atomic E-state index is 12.9. The minimum atomic E-state index is -3.70. The van der Waals surface area contributed by atoms with Crippen LogP contribution in [0.3, 0.4) is 0 Å². The van der Waals surface area contributed by atoms with Gasteiger partial charge in [-0.2, -0.15) is 4.31 Å². The molecule has 9 heteroatoms. The summed E-state index contributed by atoms with van der Waals surface area (Å²) in [6, 6.07) is 12.6. The van der Waals surface area contributed by atoms with Gasteiger partial charge in [0.25, 0.3) is 10.0 Å². The molecule has 29 heavy (non-hydrogen) atoms. The lowest BCUT2D eigenvalue weighted by Gasteiger charge is -2.24. The second-order valence-corrected chi connectivity index (χ2v) is 10.7. The molecule has 1 fully saturated rings. The second-order valence-electron chi connectivity index (χ2n) is 6.89. The van der Waals surface area contributed by atoms with Crippen LogP contribution in [-0.4, -0.2) is 50.9 Å². The molecule has 0 aliphatic carbocycles. The summed E-state index contributed by atoms with van der Waals surface area (Å²) in [5.74, 6) is -0.225. The van der Waals surface area contributed by atoms with Crippen LogP contribution in [0.1, 0.15) is 26.2 Å². The van der Waals surface area contributed by atoms with Crippen LogP contribution < -0.4 is 10.2 Å². The summed E-state index contributed by atoms with van der Waals surface area (Å²) in [4.78, 5) is 14.9. The Bertz CT molecular complexity index is 918. The fourth-order valence-electron chi connectivity index (χ4n) is 3.55. The van der Waals surface area contributed by atoms with Crippen molar-refractivity contribution in [1.82, 2.24) is 9.62 Å². The zero-order valence-electron chi connectivity index (χ0n) is 16.4. The molecular formula is C20H26ClN3O3S2. The molecule has 1 atom stereocenters. The molecule has 0 radical (unpaired) electrons. The molecule has 0 saturated carbocycles. The normalized spacial score (nSPS) is 17.4. The molecule has 1 saturated heterocycles. The average Bonchev–Trinajstić information content (AvgIpc) is 3.38. The first-order chi connectivity index (χ1) is 13.9. The van der Waals surface area contributed by atoms with Crippen LogP contribution >= 0.6 is 22.9 Å². The highest BCUT2D eigenvalue weighted by molar-refractivity contribution is 7.91. The summed E-state index contributed by atoms with van der Waals surface area (Å²) < 4.78 is 27.7. The van der Waals surface area contributed by atoms with Crippen LogP contribution in [0.5, 0.6) is 0 Å². The van der Waals surface area contributed by atoms with E-state index in [2.05, 4.69) is 29.3 Å². The monoisotopic (exact) mass is 455 g/mol. The van der Waals surface area contributed by atoms with Crippen LogP contribution in [0.2, 0.25) is 4.34 Å². The van der Waals surface area contributed by atoms with Crippen LogP contribution in [0.4, 0.5) is 5.69 Å². The van der Waals surface area contributed by atoms with E-state index in [9.17, 15) is 13.2 Å². The largest absolute Gasteiger partial charge is 0.372 e. The number of sulfonamides is 1. The van der Waals surface area contributed by atoms with E-state index in [1.807, 2.05) is 18.2 Å². The Morgan fingerprint density at radius 3 is 2.69 bits per heavy atom. The third-order valence-corrected chi connectivity index (χ3v) is 8.63. The maximum Gasteiger partial charge on any atom is 0.253 e. The first-order valence-corrected chi connectivity index (χ1v) is 12.4. The first-order valence-electron chi connectivity index (χ1n) is 9.78. The molecule has 3 rings (SSSR count). The molecule has 1 aliphatic rings. The summed E-state index contributed by atoms with van der Waals surface area (Å²) in [5, 5.41) is 2.92. The molecular weight excluding hydrogens is 430 g/mol. The summed E-state index contributed by atoms with van der Waals surface area (Å²) >= 11 is 6.91. The van der Waals surface area contributed by atoms with Gasteiger partial charge in [-0.1, -0.05) is 29.8 Å². The summed E-state index contributed by atoms with van der Waals surface area (Å²) in [7, 11) is -3.70. The van der Waals surface area contributed by atoms with E-state index in [1.165, 1.54) is 10.4 Å². The molecule has 1 N–H and O–H groups in total. The number of hydrogen-bond donors (Lipinski definition) is 1. The number of nitrogens with zero attached hydrogens (tertiary/aromatic N) is 2. The summed E-state index contributed by atoms with van der Waals surface area (Å²) in [6.07, 6.45) is 2.00. The number of hydrogen-bond acceptors (Lipinski definition) is 5. The molecule has 0 unspecified atom stereocenters. The number of benzene rings is 1. The summed E-state index contributed by atoms with van der Waals surface area (Å²) in [6.45, 7) is 4.67. The van der Waals surface area contributed by atoms with Gasteiger partial charge < -0.3 is 10.2 Å². The molecule has 158 valence electrons. The SMILES string of the molecule is CCN(CCCNC(=O)[C@H]1CCCN1S(=O)(=O)c1ccc(Cl)s1)c1ccccc1. The van der Waals surface area contributed by atoms with Gasteiger partial charge in [-0.15, -0.1) is 11.3 Å². The number of amides is 1. The van der Waals surface area contributed by atoms with E-state index in [1.54, 1.807) is 6.07 Å². The number of rotatable bonds is 9. The smallest absolute Gasteiger partial charge is 0.253 e. The molecule has 6 nitrogen and oxygen atoms in total. The van der Waals surface area contributed by atoms with Gasteiger partial charge in [0.05, 0.1) is 4.34 Å². The van der Waals surface area contributed by atoms with Crippen LogP contribution in [0.25, 0.3) is 0 Å². The van der Waals surface area contributed by atoms with Crippen molar-refractivity contribution >= 4 is 44.6 Å². The first kappa shape index (κ1) is 22.1. The average molecular weight is 456 g/mol. The number of halogens is 1. The Morgan fingerprint density at radius 2 is 2.03 bits per heavy atom. The van der Waals surface area contributed by atoms with Gasteiger partial charge >= 0.3 is 0 Å². The van der Waals surface area contributed by atoms with Crippen molar-refractivity contribution in [2.24, 2.45) is 0 Å². The van der Waals surface area contributed by atoms with Gasteiger partial charge in [-0.3, -0.25) is 4.79 Å².